The van der Waals surface area contributed by atoms with Gasteiger partial charge in [-0.15, -0.1) is 0 Å². The number of fused-ring (bicyclic) bond motifs is 1. The molecular weight excluding hydrogens is 352 g/mol. The van der Waals surface area contributed by atoms with E-state index in [2.05, 4.69) is 23.8 Å². The first-order valence-corrected chi connectivity index (χ1v) is 9.48. The number of aromatic amines is 1. The van der Waals surface area contributed by atoms with Crippen LogP contribution in [0, 0.1) is 0 Å². The van der Waals surface area contributed by atoms with Gasteiger partial charge in [-0.25, -0.2) is 0 Å². The molecule has 0 bridgehead atoms. The Morgan fingerprint density at radius 2 is 1.86 bits per heavy atom. The van der Waals surface area contributed by atoms with Gasteiger partial charge < -0.3 is 15.8 Å². The summed E-state index contributed by atoms with van der Waals surface area (Å²) in [4.78, 5) is 23.5. The molecule has 1 atom stereocenters. The average Bonchev–Trinajstić information content (AvgIpc) is 3.05. The van der Waals surface area contributed by atoms with E-state index < -0.39 is 11.8 Å². The summed E-state index contributed by atoms with van der Waals surface area (Å²) in [5.74, 6) is -0.829. The van der Waals surface area contributed by atoms with Gasteiger partial charge in [0.25, 0.3) is 0 Å². The summed E-state index contributed by atoms with van der Waals surface area (Å²) in [6, 6.07) is 8.69. The van der Waals surface area contributed by atoms with Crippen LogP contribution in [0.3, 0.4) is 0 Å². The lowest BCUT2D eigenvalue weighted by molar-refractivity contribution is -0.119. The lowest BCUT2D eigenvalue weighted by Crippen LogP contribution is -2.19. The van der Waals surface area contributed by atoms with Crippen molar-refractivity contribution in [1.82, 2.24) is 9.97 Å². The average molecular weight is 380 g/mol. The van der Waals surface area contributed by atoms with Crippen LogP contribution in [0.1, 0.15) is 57.7 Å². The number of rotatable bonds is 5. The number of nitrogens with two attached hydrogens (primary N) is 1. The summed E-state index contributed by atoms with van der Waals surface area (Å²) in [5.41, 5.74) is 9.21. The summed E-state index contributed by atoms with van der Waals surface area (Å²) < 4.78 is 0. The Morgan fingerprint density at radius 3 is 2.43 bits per heavy atom. The number of benzene rings is 1. The molecule has 6 heteroatoms. The fourth-order valence-corrected chi connectivity index (χ4v) is 2.59. The first-order chi connectivity index (χ1) is 13.4. The molecule has 4 N–H and O–H groups in total. The number of phenols is 1. The third-order valence-corrected chi connectivity index (χ3v) is 4.52. The number of carbonyl (C=O) groups is 1. The first kappa shape index (κ1) is 21.2. The third kappa shape index (κ3) is 4.97. The lowest BCUT2D eigenvalue weighted by atomic mass is 10.1. The van der Waals surface area contributed by atoms with Crippen molar-refractivity contribution < 1.29 is 9.90 Å². The Labute approximate surface area is 165 Å². The van der Waals surface area contributed by atoms with Crippen molar-refractivity contribution in [2.75, 3.05) is 0 Å². The number of primary amides is 1. The summed E-state index contributed by atoms with van der Waals surface area (Å²) in [5, 5.41) is 10.5. The van der Waals surface area contributed by atoms with Crippen LogP contribution in [0.4, 0.5) is 5.69 Å². The van der Waals surface area contributed by atoms with Crippen LogP contribution in [-0.4, -0.2) is 26.7 Å². The Hall–Kier alpha value is -3.15. The minimum Gasteiger partial charge on any atom is -0.508 e. The predicted octanol–water partition coefficient (Wildman–Crippen LogP) is 4.80. The fourth-order valence-electron chi connectivity index (χ4n) is 2.59. The number of hydrogen-bond acceptors (Lipinski definition) is 4. The molecule has 0 saturated carbocycles. The fraction of sp³-hybridized carbons (Fsp3) is 0.318. The zero-order chi connectivity index (χ0) is 20.7. The van der Waals surface area contributed by atoms with Crippen LogP contribution in [-0.2, 0) is 4.79 Å². The van der Waals surface area contributed by atoms with Gasteiger partial charge in [-0.3, -0.25) is 14.8 Å². The number of phenolic OH excluding ortho intramolecular Hbond substituents is 1. The number of aromatic nitrogens is 2. The molecule has 28 heavy (non-hydrogen) atoms. The number of unbranched alkanes of at least 4 members (excludes halogenated alkanes) is 1. The maximum atomic E-state index is 11.6. The van der Waals surface area contributed by atoms with E-state index in [1.807, 2.05) is 19.1 Å². The second kappa shape index (κ2) is 9.69. The Morgan fingerprint density at radius 1 is 1.21 bits per heavy atom. The summed E-state index contributed by atoms with van der Waals surface area (Å²) in [6.07, 6.45) is 6.03. The number of H-pyrrole nitrogens is 1. The number of aromatic hydroxyl groups is 1. The zero-order valence-corrected chi connectivity index (χ0v) is 16.9. The normalized spacial score (nSPS) is 12.4. The molecule has 3 aromatic rings. The molecule has 6 nitrogen and oxygen atoms in total. The smallest absolute Gasteiger partial charge is 0.226 e. The standard InChI is InChI=1S/C18H18N4O2.C4H10/c1-10(18(19)24)16-17(14-9-13(23)3-4-15(14)22-16)21-11(2)12-5-7-20-8-6-12;1-3-4-2/h3-10,22-23H,1-2H3,(H2,19,24);3-4H2,1-2H3. The van der Waals surface area contributed by atoms with Gasteiger partial charge in [0.2, 0.25) is 5.91 Å². The van der Waals surface area contributed by atoms with Crippen LogP contribution < -0.4 is 5.73 Å². The molecule has 2 aromatic heterocycles. The number of nitrogens with zero attached hydrogens (tertiary/aromatic N) is 2. The summed E-state index contributed by atoms with van der Waals surface area (Å²) in [7, 11) is 0. The molecule has 1 aromatic carbocycles. The van der Waals surface area contributed by atoms with E-state index in [4.69, 9.17) is 10.7 Å². The molecule has 0 spiro atoms. The molecule has 0 aliphatic carbocycles. The number of carbonyl (C=O) groups excluding carboxylic acids is 1. The molecule has 3 rings (SSSR count). The van der Waals surface area contributed by atoms with Crippen LogP contribution in [0.25, 0.3) is 10.9 Å². The highest BCUT2D eigenvalue weighted by Gasteiger charge is 2.21. The molecule has 148 valence electrons. The van der Waals surface area contributed by atoms with Crippen LogP contribution in [0.15, 0.2) is 47.7 Å². The molecule has 1 unspecified atom stereocenters. The van der Waals surface area contributed by atoms with Crippen molar-refractivity contribution in [3.8, 4) is 5.75 Å². The van der Waals surface area contributed by atoms with Gasteiger partial charge in [0.05, 0.1) is 17.3 Å². The minimum absolute atomic E-state index is 0.137. The van der Waals surface area contributed by atoms with E-state index >= 15 is 0 Å². The molecule has 0 fully saturated rings. The van der Waals surface area contributed by atoms with Crippen molar-refractivity contribution in [1.29, 1.82) is 0 Å². The first-order valence-electron chi connectivity index (χ1n) is 9.48. The molecule has 2 heterocycles. The number of pyridine rings is 1. The quantitative estimate of drug-likeness (QED) is 0.553. The Kier molecular flexibility index (Phi) is 7.32. The van der Waals surface area contributed by atoms with Crippen LogP contribution in [0.2, 0.25) is 0 Å². The van der Waals surface area contributed by atoms with E-state index in [0.29, 0.717) is 11.4 Å². The van der Waals surface area contributed by atoms with Gasteiger partial charge in [-0.05, 0) is 49.7 Å². The minimum atomic E-state index is -0.525. The number of hydrogen-bond donors (Lipinski definition) is 3. The molecule has 1 amide bonds. The van der Waals surface area contributed by atoms with Gasteiger partial charge in [0.15, 0.2) is 0 Å². The molecule has 0 saturated heterocycles. The van der Waals surface area contributed by atoms with Crippen molar-refractivity contribution in [2.45, 2.75) is 46.5 Å². The molecule has 0 radical (unpaired) electrons. The third-order valence-electron chi connectivity index (χ3n) is 4.52. The van der Waals surface area contributed by atoms with E-state index in [9.17, 15) is 9.90 Å². The SMILES string of the molecule is CC(=Nc1c(C(C)C(N)=O)[nH]c2ccc(O)cc12)c1ccncc1.CCCC. The molecule has 0 aliphatic heterocycles. The van der Waals surface area contributed by atoms with Gasteiger partial charge >= 0.3 is 0 Å². The number of aliphatic imine (C=N–C) groups is 1. The zero-order valence-electron chi connectivity index (χ0n) is 16.9. The van der Waals surface area contributed by atoms with Gasteiger partial charge in [0, 0.05) is 29.0 Å². The van der Waals surface area contributed by atoms with E-state index in [1.54, 1.807) is 37.5 Å². The van der Waals surface area contributed by atoms with Crippen molar-refractivity contribution in [3.05, 3.63) is 54.0 Å². The van der Waals surface area contributed by atoms with E-state index in [-0.39, 0.29) is 5.75 Å². The Bertz CT molecular complexity index is 959. The molecule has 0 aliphatic rings. The predicted molar refractivity (Wildman–Crippen MR) is 114 cm³/mol. The highest BCUT2D eigenvalue weighted by Crippen LogP contribution is 2.37. The number of amides is 1. The van der Waals surface area contributed by atoms with Crippen LogP contribution in [0.5, 0.6) is 5.75 Å². The molecular formula is C22H28N4O2. The summed E-state index contributed by atoms with van der Waals surface area (Å²) >= 11 is 0. The van der Waals surface area contributed by atoms with Crippen LogP contribution >= 0.6 is 0 Å². The van der Waals surface area contributed by atoms with E-state index in [1.165, 1.54) is 12.8 Å². The maximum absolute atomic E-state index is 11.6. The van der Waals surface area contributed by atoms with Gasteiger partial charge in [-0.2, -0.15) is 0 Å². The highest BCUT2D eigenvalue weighted by atomic mass is 16.3. The largest absolute Gasteiger partial charge is 0.508 e. The van der Waals surface area contributed by atoms with Crippen molar-refractivity contribution in [3.63, 3.8) is 0 Å². The van der Waals surface area contributed by atoms with Gasteiger partial charge in [0.1, 0.15) is 5.75 Å². The number of nitrogens with one attached hydrogen (secondary N) is 1. The topological polar surface area (TPSA) is 104 Å². The second-order valence-electron chi connectivity index (χ2n) is 6.67. The van der Waals surface area contributed by atoms with Crippen molar-refractivity contribution in [2.24, 2.45) is 10.7 Å². The van der Waals surface area contributed by atoms with Crippen molar-refractivity contribution >= 4 is 28.2 Å². The lowest BCUT2D eigenvalue weighted by Gasteiger charge is -2.08. The Balaban J connectivity index is 0.000000640. The summed E-state index contributed by atoms with van der Waals surface area (Å²) in [6.45, 7) is 7.98. The highest BCUT2D eigenvalue weighted by molar-refractivity contribution is 6.04. The second-order valence-corrected chi connectivity index (χ2v) is 6.67. The van der Waals surface area contributed by atoms with Gasteiger partial charge in [-0.1, -0.05) is 26.7 Å². The monoisotopic (exact) mass is 380 g/mol. The maximum Gasteiger partial charge on any atom is 0.226 e. The van der Waals surface area contributed by atoms with E-state index in [0.717, 1.165) is 22.2 Å².